The van der Waals surface area contributed by atoms with Crippen molar-refractivity contribution in [3.05, 3.63) is 78.1 Å². The molecule has 27 heavy (non-hydrogen) atoms. The first-order valence-electron chi connectivity index (χ1n) is 9.30. The quantitative estimate of drug-likeness (QED) is 0.713. The molecule has 1 aliphatic rings. The summed E-state index contributed by atoms with van der Waals surface area (Å²) in [6, 6.07) is 14.7. The van der Waals surface area contributed by atoms with Crippen LogP contribution in [0.4, 0.5) is 0 Å². The molecule has 0 aliphatic carbocycles. The van der Waals surface area contributed by atoms with E-state index in [0.717, 1.165) is 37.3 Å². The van der Waals surface area contributed by atoms with E-state index >= 15 is 0 Å². The van der Waals surface area contributed by atoms with Crippen molar-refractivity contribution in [3.8, 4) is 11.1 Å². The molecule has 4 rings (SSSR count). The fourth-order valence-corrected chi connectivity index (χ4v) is 3.65. The van der Waals surface area contributed by atoms with Crippen LogP contribution in [0.25, 0.3) is 11.1 Å². The van der Waals surface area contributed by atoms with Crippen molar-refractivity contribution >= 4 is 5.91 Å². The van der Waals surface area contributed by atoms with Gasteiger partial charge in [0.15, 0.2) is 0 Å². The van der Waals surface area contributed by atoms with Crippen molar-refractivity contribution in [2.24, 2.45) is 0 Å². The molecule has 3 aromatic rings. The normalized spacial score (nSPS) is 14.9. The Labute approximate surface area is 159 Å². The Balaban J connectivity index is 1.48. The van der Waals surface area contributed by atoms with Gasteiger partial charge in [-0.2, -0.15) is 0 Å². The molecule has 1 aromatic carbocycles. The van der Waals surface area contributed by atoms with E-state index in [4.69, 9.17) is 4.98 Å². The van der Waals surface area contributed by atoms with E-state index in [9.17, 15) is 4.79 Å². The number of aromatic nitrogens is 3. The Morgan fingerprint density at radius 1 is 1.04 bits per heavy atom. The largest absolute Gasteiger partial charge is 0.337 e. The molecule has 0 radical (unpaired) electrons. The highest BCUT2D eigenvalue weighted by atomic mass is 16.2. The molecular formula is C22H22N4O. The lowest BCUT2D eigenvalue weighted by molar-refractivity contribution is 0.0705. The van der Waals surface area contributed by atoms with E-state index in [1.807, 2.05) is 17.9 Å². The minimum Gasteiger partial charge on any atom is -0.337 e. The number of piperidine rings is 1. The maximum absolute atomic E-state index is 12.5. The van der Waals surface area contributed by atoms with E-state index in [1.54, 1.807) is 12.4 Å². The van der Waals surface area contributed by atoms with Gasteiger partial charge in [0, 0.05) is 42.8 Å². The van der Waals surface area contributed by atoms with Gasteiger partial charge in [-0.1, -0.05) is 30.3 Å². The third-order valence-corrected chi connectivity index (χ3v) is 5.06. The van der Waals surface area contributed by atoms with Crippen LogP contribution in [0.15, 0.2) is 61.1 Å². The van der Waals surface area contributed by atoms with Crippen molar-refractivity contribution < 1.29 is 4.79 Å². The minimum atomic E-state index is -0.0382. The number of rotatable bonds is 3. The molecule has 3 heterocycles. The summed E-state index contributed by atoms with van der Waals surface area (Å²) < 4.78 is 0. The van der Waals surface area contributed by atoms with Gasteiger partial charge in [-0.3, -0.25) is 14.8 Å². The zero-order valence-corrected chi connectivity index (χ0v) is 15.4. The number of pyridine rings is 1. The molecule has 1 saturated heterocycles. The molecule has 0 atom stereocenters. The van der Waals surface area contributed by atoms with Crippen LogP contribution in [0.2, 0.25) is 0 Å². The smallest absolute Gasteiger partial charge is 0.274 e. The topological polar surface area (TPSA) is 59.0 Å². The van der Waals surface area contributed by atoms with Gasteiger partial charge >= 0.3 is 0 Å². The van der Waals surface area contributed by atoms with Crippen LogP contribution in [-0.2, 0) is 0 Å². The lowest BCUT2D eigenvalue weighted by Gasteiger charge is -2.31. The van der Waals surface area contributed by atoms with Crippen molar-refractivity contribution in [3.63, 3.8) is 0 Å². The molecule has 0 bridgehead atoms. The number of hydrogen-bond donors (Lipinski definition) is 0. The van der Waals surface area contributed by atoms with Crippen molar-refractivity contribution in [1.82, 2.24) is 19.9 Å². The Morgan fingerprint density at radius 2 is 1.81 bits per heavy atom. The number of likely N-dealkylation sites (tertiary alicyclic amines) is 1. The van der Waals surface area contributed by atoms with Gasteiger partial charge < -0.3 is 4.90 Å². The summed E-state index contributed by atoms with van der Waals surface area (Å²) in [6.07, 6.45) is 6.49. The summed E-state index contributed by atoms with van der Waals surface area (Å²) in [5.74, 6) is 0.335. The van der Waals surface area contributed by atoms with Gasteiger partial charge in [-0.05, 0) is 43.0 Å². The summed E-state index contributed by atoms with van der Waals surface area (Å²) in [7, 11) is 0. The fraction of sp³-hybridized carbons (Fsp3) is 0.273. The van der Waals surface area contributed by atoms with E-state index in [1.165, 1.54) is 17.3 Å². The van der Waals surface area contributed by atoms with Gasteiger partial charge in [0.05, 0.1) is 6.20 Å². The predicted molar refractivity (Wildman–Crippen MR) is 104 cm³/mol. The summed E-state index contributed by atoms with van der Waals surface area (Å²) >= 11 is 0. The van der Waals surface area contributed by atoms with Crippen molar-refractivity contribution in [2.75, 3.05) is 13.1 Å². The minimum absolute atomic E-state index is 0.0382. The van der Waals surface area contributed by atoms with E-state index in [-0.39, 0.29) is 5.91 Å². The summed E-state index contributed by atoms with van der Waals surface area (Å²) in [4.78, 5) is 27.3. The molecule has 0 unspecified atom stereocenters. The lowest BCUT2D eigenvalue weighted by atomic mass is 9.91. The Morgan fingerprint density at radius 3 is 2.52 bits per heavy atom. The Hall–Kier alpha value is -3.08. The van der Waals surface area contributed by atoms with Crippen LogP contribution < -0.4 is 0 Å². The first-order chi connectivity index (χ1) is 13.2. The van der Waals surface area contributed by atoms with Gasteiger partial charge in [-0.15, -0.1) is 0 Å². The lowest BCUT2D eigenvalue weighted by Crippen LogP contribution is -2.38. The molecule has 0 N–H and O–H groups in total. The van der Waals surface area contributed by atoms with Gasteiger partial charge in [0.2, 0.25) is 0 Å². The molecule has 5 heteroatoms. The average molecular weight is 358 g/mol. The van der Waals surface area contributed by atoms with E-state index in [0.29, 0.717) is 11.6 Å². The number of amides is 1. The summed E-state index contributed by atoms with van der Waals surface area (Å²) in [5, 5.41) is 0. The maximum Gasteiger partial charge on any atom is 0.274 e. The second-order valence-electron chi connectivity index (χ2n) is 6.95. The fourth-order valence-electron chi connectivity index (χ4n) is 3.65. The zero-order valence-electron chi connectivity index (χ0n) is 15.4. The number of nitrogens with zero attached hydrogens (tertiary/aromatic N) is 4. The molecule has 5 nitrogen and oxygen atoms in total. The first kappa shape index (κ1) is 17.3. The molecule has 1 amide bonds. The Bertz CT molecular complexity index is 920. The molecule has 0 spiro atoms. The first-order valence-corrected chi connectivity index (χ1v) is 9.30. The third-order valence-electron chi connectivity index (χ3n) is 5.06. The van der Waals surface area contributed by atoms with Crippen LogP contribution >= 0.6 is 0 Å². The number of aryl methyl sites for hydroxylation is 1. The van der Waals surface area contributed by atoms with Crippen molar-refractivity contribution in [1.29, 1.82) is 0 Å². The summed E-state index contributed by atoms with van der Waals surface area (Å²) in [6.45, 7) is 3.48. The molecular weight excluding hydrogens is 336 g/mol. The number of carbonyl (C=O) groups is 1. The number of carbonyl (C=O) groups excluding carboxylic acids is 1. The SMILES string of the molecule is Cc1cc(-c2ccccc2)cc(C2CCN(C(=O)c3cnccn3)CC2)n1. The highest BCUT2D eigenvalue weighted by molar-refractivity contribution is 5.92. The van der Waals surface area contributed by atoms with E-state index in [2.05, 4.69) is 46.4 Å². The predicted octanol–water partition coefficient (Wildman–Crippen LogP) is 3.87. The second-order valence-corrected chi connectivity index (χ2v) is 6.95. The molecule has 136 valence electrons. The van der Waals surface area contributed by atoms with Gasteiger partial charge in [-0.25, -0.2) is 4.98 Å². The Kier molecular flexibility index (Phi) is 4.92. The van der Waals surface area contributed by atoms with Gasteiger partial charge in [0.1, 0.15) is 5.69 Å². The highest BCUT2D eigenvalue weighted by Gasteiger charge is 2.26. The van der Waals surface area contributed by atoms with Crippen LogP contribution in [0.3, 0.4) is 0 Å². The third kappa shape index (κ3) is 3.87. The highest BCUT2D eigenvalue weighted by Crippen LogP contribution is 2.30. The van der Waals surface area contributed by atoms with Crippen molar-refractivity contribution in [2.45, 2.75) is 25.7 Å². The number of benzene rings is 1. The number of hydrogen-bond acceptors (Lipinski definition) is 4. The molecule has 1 aliphatic heterocycles. The standard InChI is InChI=1S/C22H22N4O/c1-16-13-19(17-5-3-2-4-6-17)14-20(25-16)18-7-11-26(12-8-18)22(27)21-15-23-9-10-24-21/h2-6,9-10,13-15,18H,7-8,11-12H2,1H3. The molecule has 0 saturated carbocycles. The second kappa shape index (κ2) is 7.66. The zero-order chi connectivity index (χ0) is 18.6. The molecule has 2 aromatic heterocycles. The van der Waals surface area contributed by atoms with Crippen LogP contribution in [0, 0.1) is 6.92 Å². The maximum atomic E-state index is 12.5. The molecule has 1 fully saturated rings. The van der Waals surface area contributed by atoms with Gasteiger partial charge in [0.25, 0.3) is 5.91 Å². The van der Waals surface area contributed by atoms with Crippen LogP contribution in [0.5, 0.6) is 0 Å². The summed E-state index contributed by atoms with van der Waals surface area (Å²) in [5.41, 5.74) is 4.98. The average Bonchev–Trinajstić information content (AvgIpc) is 2.74. The monoisotopic (exact) mass is 358 g/mol. The van der Waals surface area contributed by atoms with E-state index < -0.39 is 0 Å². The van der Waals surface area contributed by atoms with Crippen LogP contribution in [-0.4, -0.2) is 38.8 Å². The van der Waals surface area contributed by atoms with Crippen LogP contribution in [0.1, 0.15) is 40.6 Å².